The van der Waals surface area contributed by atoms with Gasteiger partial charge in [-0.05, 0) is 68.7 Å². The minimum absolute atomic E-state index is 0.276. The van der Waals surface area contributed by atoms with E-state index < -0.39 is 16.1 Å². The summed E-state index contributed by atoms with van der Waals surface area (Å²) >= 11 is 0. The van der Waals surface area contributed by atoms with Crippen LogP contribution in [0.1, 0.15) is 36.6 Å². The lowest BCUT2D eigenvalue weighted by molar-refractivity contribution is -0.122. The first-order valence-electron chi connectivity index (χ1n) is 9.05. The molecule has 2 aromatic rings. The van der Waals surface area contributed by atoms with Gasteiger partial charge in [0.1, 0.15) is 11.8 Å². The number of nitrogens with one attached hydrogen (secondary N) is 1. The number of rotatable bonds is 7. The first-order chi connectivity index (χ1) is 13.0. The van der Waals surface area contributed by atoms with Gasteiger partial charge in [0.15, 0.2) is 0 Å². The summed E-state index contributed by atoms with van der Waals surface area (Å²) in [6, 6.07) is 11.6. The summed E-state index contributed by atoms with van der Waals surface area (Å²) in [7, 11) is -2.05. The SMILES string of the molecule is COc1ccc([C@H](C)NC(=O)[C@H](C)N(c2ccc(C)c(C)c2)S(C)(=O)=O)cc1. The summed E-state index contributed by atoms with van der Waals surface area (Å²) in [5.41, 5.74) is 3.40. The summed E-state index contributed by atoms with van der Waals surface area (Å²) in [6.07, 6.45) is 1.11. The monoisotopic (exact) mass is 404 g/mol. The average Bonchev–Trinajstić information content (AvgIpc) is 2.63. The van der Waals surface area contributed by atoms with E-state index in [4.69, 9.17) is 4.74 Å². The van der Waals surface area contributed by atoms with Crippen molar-refractivity contribution < 1.29 is 17.9 Å². The maximum atomic E-state index is 12.8. The second kappa shape index (κ2) is 8.65. The number of ether oxygens (including phenoxy) is 1. The van der Waals surface area contributed by atoms with E-state index in [2.05, 4.69) is 5.32 Å². The van der Waals surface area contributed by atoms with Gasteiger partial charge < -0.3 is 10.1 Å². The number of hydrogen-bond acceptors (Lipinski definition) is 4. The Labute approximate surface area is 167 Å². The van der Waals surface area contributed by atoms with Gasteiger partial charge >= 0.3 is 0 Å². The van der Waals surface area contributed by atoms with Gasteiger partial charge in [-0.25, -0.2) is 8.42 Å². The highest BCUT2D eigenvalue weighted by Gasteiger charge is 2.30. The van der Waals surface area contributed by atoms with Crippen molar-refractivity contribution in [2.24, 2.45) is 0 Å². The van der Waals surface area contributed by atoms with Gasteiger partial charge in [-0.15, -0.1) is 0 Å². The van der Waals surface area contributed by atoms with Gasteiger partial charge in [0.2, 0.25) is 15.9 Å². The quantitative estimate of drug-likeness (QED) is 0.768. The van der Waals surface area contributed by atoms with Crippen molar-refractivity contribution >= 4 is 21.6 Å². The van der Waals surface area contributed by atoms with E-state index in [1.165, 1.54) is 0 Å². The first kappa shape index (κ1) is 21.8. The molecule has 0 aliphatic heterocycles. The molecular weight excluding hydrogens is 376 g/mol. The van der Waals surface area contributed by atoms with Gasteiger partial charge in [-0.3, -0.25) is 9.10 Å². The van der Waals surface area contributed by atoms with Crippen molar-refractivity contribution in [2.45, 2.75) is 39.8 Å². The normalized spacial score (nSPS) is 13.5. The third-order valence-corrected chi connectivity index (χ3v) is 6.05. The molecule has 0 heterocycles. The molecule has 0 spiro atoms. The average molecular weight is 405 g/mol. The van der Waals surface area contributed by atoms with Gasteiger partial charge in [0, 0.05) is 0 Å². The number of nitrogens with zero attached hydrogens (tertiary/aromatic N) is 1. The predicted octanol–water partition coefficient (Wildman–Crippen LogP) is 3.34. The van der Waals surface area contributed by atoms with Crippen molar-refractivity contribution in [3.05, 3.63) is 59.2 Å². The van der Waals surface area contributed by atoms with Crippen LogP contribution in [0.4, 0.5) is 5.69 Å². The molecule has 7 heteroatoms. The van der Waals surface area contributed by atoms with Crippen LogP contribution in [0.5, 0.6) is 5.75 Å². The fourth-order valence-corrected chi connectivity index (χ4v) is 4.15. The standard InChI is InChI=1S/C21H28N2O4S/c1-14-7-10-19(13-15(14)2)23(28(6,25)26)17(4)21(24)22-16(3)18-8-11-20(27-5)12-9-18/h7-13,16-17H,1-6H3,(H,22,24)/t16-,17-/m0/s1. The molecule has 0 unspecified atom stereocenters. The fourth-order valence-electron chi connectivity index (χ4n) is 2.98. The zero-order chi connectivity index (χ0) is 21.1. The van der Waals surface area contributed by atoms with Crippen LogP contribution < -0.4 is 14.4 Å². The topological polar surface area (TPSA) is 75.7 Å². The smallest absolute Gasteiger partial charge is 0.244 e. The lowest BCUT2D eigenvalue weighted by atomic mass is 10.1. The molecule has 1 amide bonds. The Hall–Kier alpha value is -2.54. The number of benzene rings is 2. The Morgan fingerprint density at radius 3 is 2.14 bits per heavy atom. The van der Waals surface area contributed by atoms with E-state index >= 15 is 0 Å². The van der Waals surface area contributed by atoms with Crippen molar-refractivity contribution in [3.8, 4) is 5.75 Å². The molecule has 0 fully saturated rings. The molecule has 152 valence electrons. The van der Waals surface area contributed by atoms with Crippen LogP contribution in [0, 0.1) is 13.8 Å². The lowest BCUT2D eigenvalue weighted by Crippen LogP contribution is -2.48. The molecule has 6 nitrogen and oxygen atoms in total. The summed E-state index contributed by atoms with van der Waals surface area (Å²) in [5.74, 6) is 0.362. The summed E-state index contributed by atoms with van der Waals surface area (Å²) in [4.78, 5) is 12.8. The summed E-state index contributed by atoms with van der Waals surface area (Å²) < 4.78 is 31.2. The molecule has 2 atom stereocenters. The summed E-state index contributed by atoms with van der Waals surface area (Å²) in [6.45, 7) is 7.31. The number of carbonyl (C=O) groups is 1. The number of carbonyl (C=O) groups excluding carboxylic acids is 1. The number of sulfonamides is 1. The van der Waals surface area contributed by atoms with Crippen LogP contribution in [-0.4, -0.2) is 33.7 Å². The highest BCUT2D eigenvalue weighted by molar-refractivity contribution is 7.92. The molecule has 0 saturated carbocycles. The van der Waals surface area contributed by atoms with E-state index in [1.54, 1.807) is 26.2 Å². The maximum Gasteiger partial charge on any atom is 0.244 e. The molecule has 2 rings (SSSR count). The predicted molar refractivity (Wildman–Crippen MR) is 112 cm³/mol. The van der Waals surface area contributed by atoms with Crippen molar-refractivity contribution in [1.29, 1.82) is 0 Å². The summed E-state index contributed by atoms with van der Waals surface area (Å²) in [5, 5.41) is 2.90. The largest absolute Gasteiger partial charge is 0.497 e. The number of methoxy groups -OCH3 is 1. The molecule has 0 radical (unpaired) electrons. The van der Waals surface area contributed by atoms with Crippen LogP contribution in [-0.2, 0) is 14.8 Å². The van der Waals surface area contributed by atoms with Crippen LogP contribution in [0.15, 0.2) is 42.5 Å². The second-order valence-electron chi connectivity index (χ2n) is 7.01. The third kappa shape index (κ3) is 5.04. The van der Waals surface area contributed by atoms with Gasteiger partial charge in [0.25, 0.3) is 0 Å². The highest BCUT2D eigenvalue weighted by Crippen LogP contribution is 2.24. The second-order valence-corrected chi connectivity index (χ2v) is 8.87. The van der Waals surface area contributed by atoms with Gasteiger partial charge in [0.05, 0.1) is 25.1 Å². The van der Waals surface area contributed by atoms with Gasteiger partial charge in [-0.1, -0.05) is 18.2 Å². The molecule has 2 aromatic carbocycles. The Bertz CT molecular complexity index is 939. The van der Waals surface area contributed by atoms with Crippen molar-refractivity contribution in [2.75, 3.05) is 17.7 Å². The number of amides is 1. The van der Waals surface area contributed by atoms with Crippen LogP contribution in [0.25, 0.3) is 0 Å². The Kier molecular flexibility index (Phi) is 6.72. The van der Waals surface area contributed by atoms with Crippen LogP contribution in [0.2, 0.25) is 0 Å². The van der Waals surface area contributed by atoms with E-state index in [0.29, 0.717) is 5.69 Å². The Morgan fingerprint density at radius 2 is 1.64 bits per heavy atom. The number of hydrogen-bond donors (Lipinski definition) is 1. The highest BCUT2D eigenvalue weighted by atomic mass is 32.2. The Morgan fingerprint density at radius 1 is 1.04 bits per heavy atom. The van der Waals surface area contributed by atoms with Crippen LogP contribution in [0.3, 0.4) is 0 Å². The third-order valence-electron chi connectivity index (χ3n) is 4.81. The minimum atomic E-state index is -3.65. The molecule has 0 aliphatic rings. The van der Waals surface area contributed by atoms with E-state index in [-0.39, 0.29) is 11.9 Å². The maximum absolute atomic E-state index is 12.8. The molecule has 0 aliphatic carbocycles. The van der Waals surface area contributed by atoms with Crippen molar-refractivity contribution in [1.82, 2.24) is 5.32 Å². The van der Waals surface area contributed by atoms with Crippen LogP contribution >= 0.6 is 0 Å². The fraction of sp³-hybridized carbons (Fsp3) is 0.381. The molecule has 28 heavy (non-hydrogen) atoms. The molecule has 0 saturated heterocycles. The van der Waals surface area contributed by atoms with Crippen molar-refractivity contribution in [3.63, 3.8) is 0 Å². The lowest BCUT2D eigenvalue weighted by Gasteiger charge is -2.29. The molecule has 0 aromatic heterocycles. The molecule has 1 N–H and O–H groups in total. The number of aryl methyl sites for hydroxylation is 2. The Balaban J connectivity index is 2.24. The van der Waals surface area contributed by atoms with E-state index in [1.807, 2.05) is 51.1 Å². The zero-order valence-electron chi connectivity index (χ0n) is 17.2. The first-order valence-corrected chi connectivity index (χ1v) is 10.9. The molecule has 0 bridgehead atoms. The van der Waals surface area contributed by atoms with E-state index in [9.17, 15) is 13.2 Å². The minimum Gasteiger partial charge on any atom is -0.497 e. The zero-order valence-corrected chi connectivity index (χ0v) is 18.0. The molecular formula is C21H28N2O4S. The number of anilines is 1. The van der Waals surface area contributed by atoms with Gasteiger partial charge in [-0.2, -0.15) is 0 Å². The van der Waals surface area contributed by atoms with E-state index in [0.717, 1.165) is 33.0 Å².